The second-order valence-corrected chi connectivity index (χ2v) is 4.02. The van der Waals surface area contributed by atoms with Gasteiger partial charge < -0.3 is 0 Å². The van der Waals surface area contributed by atoms with Crippen LogP contribution >= 0.6 is 11.6 Å². The van der Waals surface area contributed by atoms with Crippen LogP contribution < -0.4 is 0 Å². The van der Waals surface area contributed by atoms with Crippen molar-refractivity contribution in [3.05, 3.63) is 46.3 Å². The van der Waals surface area contributed by atoms with Gasteiger partial charge in [0.2, 0.25) is 0 Å². The molecule has 0 saturated carbocycles. The molecule has 0 aliphatic heterocycles. The number of benzene rings is 1. The minimum Gasteiger partial charge on any atom is -0.103 e. The molecule has 0 nitrogen and oxygen atoms in total. The fourth-order valence-corrected chi connectivity index (χ4v) is 1.37. The maximum atomic E-state index is 5.60. The highest BCUT2D eigenvalue weighted by molar-refractivity contribution is 6.31. The monoisotopic (exact) mass is 194 g/mol. The third kappa shape index (κ3) is 2.60. The lowest BCUT2D eigenvalue weighted by Crippen LogP contribution is -1.84. The van der Waals surface area contributed by atoms with Crippen molar-refractivity contribution in [2.75, 3.05) is 0 Å². The number of hydrogen-bond acceptors (Lipinski definition) is 0. The zero-order valence-electron chi connectivity index (χ0n) is 8.18. The molecule has 0 spiro atoms. The molecule has 0 aromatic rings. The Morgan fingerprint density at radius 1 is 1.46 bits per heavy atom. The fourth-order valence-electron chi connectivity index (χ4n) is 1.08. The molecule has 0 N–H and O–H groups in total. The molecule has 0 radical (unpaired) electrons. The van der Waals surface area contributed by atoms with Gasteiger partial charge >= 0.3 is 0 Å². The van der Waals surface area contributed by atoms with Crippen molar-refractivity contribution in [2.45, 2.75) is 20.3 Å². The highest BCUT2D eigenvalue weighted by Gasteiger charge is 1.99. The van der Waals surface area contributed by atoms with E-state index in [0.717, 1.165) is 17.4 Å². The molecular formula is C12H15Cl. The van der Waals surface area contributed by atoms with Crippen LogP contribution in [0.3, 0.4) is 0 Å². The average molecular weight is 195 g/mol. The van der Waals surface area contributed by atoms with Gasteiger partial charge in [-0.2, -0.15) is 0 Å². The minimum atomic E-state index is 0.780. The standard InChI is InChI=1S/C6H3Cl.C6H12/c7-6-3-4-1-2-5(4)6;1-4-5-6(2)3/h1-3H;4,6H,1,5H2,2-3H3. The number of rotatable bonds is 2. The summed E-state index contributed by atoms with van der Waals surface area (Å²) in [7, 11) is 0. The summed E-state index contributed by atoms with van der Waals surface area (Å²) in [6.07, 6.45) is 3.09. The third-order valence-electron chi connectivity index (χ3n) is 1.92. The van der Waals surface area contributed by atoms with E-state index in [0.29, 0.717) is 0 Å². The smallest absolute Gasteiger partial charge is 0.0490 e. The van der Waals surface area contributed by atoms with Crippen molar-refractivity contribution in [1.29, 1.82) is 0 Å². The Labute approximate surface area is 84.5 Å². The summed E-state index contributed by atoms with van der Waals surface area (Å²) in [4.78, 5) is 0. The van der Waals surface area contributed by atoms with E-state index in [-0.39, 0.29) is 0 Å². The molecule has 0 bridgehead atoms. The normalized spacial score (nSPS) is 10.5. The van der Waals surface area contributed by atoms with Crippen LogP contribution in [0, 0.1) is 16.4 Å². The van der Waals surface area contributed by atoms with E-state index >= 15 is 0 Å². The molecule has 1 heteroatoms. The van der Waals surface area contributed by atoms with E-state index in [1.807, 2.05) is 18.2 Å². The Bertz CT molecular complexity index is 377. The van der Waals surface area contributed by atoms with Crippen molar-refractivity contribution in [1.82, 2.24) is 0 Å². The molecule has 2 aliphatic carbocycles. The number of hydrogen-bond donors (Lipinski definition) is 0. The van der Waals surface area contributed by atoms with Crippen molar-refractivity contribution in [3.8, 4) is 0 Å². The molecule has 70 valence electrons. The third-order valence-corrected chi connectivity index (χ3v) is 2.23. The number of halogens is 1. The first kappa shape index (κ1) is 10.3. The molecule has 0 fully saturated rings. The van der Waals surface area contributed by atoms with Gasteiger partial charge in [-0.25, -0.2) is 0 Å². The van der Waals surface area contributed by atoms with Gasteiger partial charge in [0.25, 0.3) is 0 Å². The SMILES string of the molecule is C=CCC(C)C.Clc1cc2ccc1=2. The first-order valence-electron chi connectivity index (χ1n) is 4.56. The predicted molar refractivity (Wildman–Crippen MR) is 58.8 cm³/mol. The maximum absolute atomic E-state index is 5.60. The number of allylic oxidation sites excluding steroid dienone is 1. The van der Waals surface area contributed by atoms with E-state index in [2.05, 4.69) is 26.5 Å². The van der Waals surface area contributed by atoms with E-state index < -0.39 is 0 Å². The maximum Gasteiger partial charge on any atom is 0.0490 e. The molecule has 2 rings (SSSR count). The largest absolute Gasteiger partial charge is 0.103 e. The quantitative estimate of drug-likeness (QED) is 0.630. The van der Waals surface area contributed by atoms with Crippen LogP contribution in [0.25, 0.3) is 0 Å². The van der Waals surface area contributed by atoms with Gasteiger partial charge in [0.1, 0.15) is 0 Å². The van der Waals surface area contributed by atoms with Crippen LogP contribution in [0.1, 0.15) is 20.3 Å². The molecule has 0 atom stereocenters. The first-order chi connectivity index (χ1) is 6.15. The Morgan fingerprint density at radius 2 is 2.15 bits per heavy atom. The van der Waals surface area contributed by atoms with Crippen molar-refractivity contribution in [3.63, 3.8) is 0 Å². The van der Waals surface area contributed by atoms with Gasteiger partial charge in [0.15, 0.2) is 0 Å². The van der Waals surface area contributed by atoms with Crippen LogP contribution in [0.2, 0.25) is 5.02 Å². The molecule has 0 amide bonds. The summed E-state index contributed by atoms with van der Waals surface area (Å²) in [6.45, 7) is 7.97. The topological polar surface area (TPSA) is 0 Å². The van der Waals surface area contributed by atoms with Crippen LogP contribution in [-0.4, -0.2) is 0 Å². The van der Waals surface area contributed by atoms with E-state index in [4.69, 9.17) is 11.6 Å². The van der Waals surface area contributed by atoms with Gasteiger partial charge in [-0.05, 0) is 23.6 Å². The van der Waals surface area contributed by atoms with Gasteiger partial charge in [-0.15, -0.1) is 6.58 Å². The average Bonchev–Trinajstić information content (AvgIpc) is 2.00. The van der Waals surface area contributed by atoms with Gasteiger partial charge in [0, 0.05) is 10.2 Å². The molecular weight excluding hydrogens is 180 g/mol. The molecule has 0 aromatic carbocycles. The van der Waals surface area contributed by atoms with Gasteiger partial charge in [-0.1, -0.05) is 43.7 Å². The molecule has 0 aromatic heterocycles. The zero-order chi connectivity index (χ0) is 9.84. The molecule has 0 saturated heterocycles. The lowest BCUT2D eigenvalue weighted by molar-refractivity contribution is 0.664. The van der Waals surface area contributed by atoms with Crippen LogP contribution in [0.4, 0.5) is 0 Å². The van der Waals surface area contributed by atoms with Crippen molar-refractivity contribution in [2.24, 2.45) is 5.92 Å². The summed E-state index contributed by atoms with van der Waals surface area (Å²) in [6, 6.07) is 6.05. The highest BCUT2D eigenvalue weighted by atomic mass is 35.5. The van der Waals surface area contributed by atoms with Crippen LogP contribution in [-0.2, 0) is 0 Å². The molecule has 0 heterocycles. The minimum absolute atomic E-state index is 0.780. The lowest BCUT2D eigenvalue weighted by atomic mass is 10.1. The van der Waals surface area contributed by atoms with Crippen LogP contribution in [0.15, 0.2) is 30.9 Å². The Morgan fingerprint density at radius 3 is 2.15 bits per heavy atom. The van der Waals surface area contributed by atoms with Crippen LogP contribution in [0.5, 0.6) is 0 Å². The van der Waals surface area contributed by atoms with E-state index in [9.17, 15) is 0 Å². The first-order valence-corrected chi connectivity index (χ1v) is 4.93. The Balaban J connectivity index is 0.000000133. The van der Waals surface area contributed by atoms with E-state index in [1.165, 1.54) is 10.4 Å². The summed E-state index contributed by atoms with van der Waals surface area (Å²) >= 11 is 5.60. The van der Waals surface area contributed by atoms with Crippen molar-refractivity contribution < 1.29 is 0 Å². The fraction of sp³-hybridized carbons (Fsp3) is 0.333. The van der Waals surface area contributed by atoms with E-state index in [1.54, 1.807) is 0 Å². The summed E-state index contributed by atoms with van der Waals surface area (Å²) in [5.41, 5.74) is 0. The van der Waals surface area contributed by atoms with Gasteiger partial charge in [-0.3, -0.25) is 0 Å². The van der Waals surface area contributed by atoms with Crippen molar-refractivity contribution >= 4 is 11.6 Å². The second kappa shape index (κ2) is 4.48. The summed E-state index contributed by atoms with van der Waals surface area (Å²) < 4.78 is 0. The Hall–Kier alpha value is -0.750. The van der Waals surface area contributed by atoms with Gasteiger partial charge in [0.05, 0.1) is 0 Å². The highest BCUT2D eigenvalue weighted by Crippen LogP contribution is 2.20. The zero-order valence-corrected chi connectivity index (χ0v) is 8.93. The lowest BCUT2D eigenvalue weighted by Gasteiger charge is -2.01. The molecule has 2 aliphatic rings. The summed E-state index contributed by atoms with van der Waals surface area (Å²) in [5.74, 6) is 0.780. The Kier molecular flexibility index (Phi) is 3.56. The molecule has 0 unspecified atom stereocenters. The summed E-state index contributed by atoms with van der Waals surface area (Å²) in [5, 5.41) is 3.46. The predicted octanol–water partition coefficient (Wildman–Crippen LogP) is 4.16. The second-order valence-electron chi connectivity index (χ2n) is 3.61. The molecule has 13 heavy (non-hydrogen) atoms.